The molecule has 7 heteroatoms. The van der Waals surface area contributed by atoms with Crippen LogP contribution in [-0.2, 0) is 26.5 Å². The molecule has 7 aromatic rings. The maximum absolute atomic E-state index is 7.82. The van der Waals surface area contributed by atoms with Crippen molar-refractivity contribution in [2.45, 2.75) is 47.0 Å². The summed E-state index contributed by atoms with van der Waals surface area (Å²) in [5.41, 5.74) is 8.76. The van der Waals surface area contributed by atoms with Gasteiger partial charge in [0.1, 0.15) is 11.5 Å². The molecule has 0 atom stereocenters. The Bertz CT molecular complexity index is 2310. The third-order valence-electron chi connectivity index (χ3n) is 8.33. The Morgan fingerprint density at radius 1 is 0.809 bits per heavy atom. The molecule has 6 nitrogen and oxygen atoms in total. The van der Waals surface area contributed by atoms with Crippen LogP contribution in [-0.4, -0.2) is 19.1 Å². The predicted molar refractivity (Wildman–Crippen MR) is 184 cm³/mol. The van der Waals surface area contributed by atoms with Crippen molar-refractivity contribution in [3.63, 3.8) is 0 Å². The Balaban J connectivity index is 0.00000386. The van der Waals surface area contributed by atoms with Crippen molar-refractivity contribution < 1.29 is 25.8 Å². The van der Waals surface area contributed by atoms with Crippen LogP contribution in [0.3, 0.4) is 0 Å². The first-order chi connectivity index (χ1) is 22.1. The van der Waals surface area contributed by atoms with Crippen LogP contribution in [0.4, 0.5) is 5.69 Å². The van der Waals surface area contributed by atoms with E-state index < -0.39 is 0 Å². The molecule has 0 spiro atoms. The second-order valence-electron chi connectivity index (χ2n) is 12.8. The van der Waals surface area contributed by atoms with E-state index in [1.165, 1.54) is 11.1 Å². The van der Waals surface area contributed by atoms with Gasteiger partial charge in [-0.15, -0.1) is 29.1 Å². The summed E-state index contributed by atoms with van der Waals surface area (Å²) >= 11 is 0. The second kappa shape index (κ2) is 12.3. The molecule has 4 aromatic carbocycles. The Kier molecular flexibility index (Phi) is 8.38. The summed E-state index contributed by atoms with van der Waals surface area (Å²) in [6.07, 6.45) is 5.59. The quantitative estimate of drug-likeness (QED) is 0.163. The standard InChI is InChI=1S/C40H33N5O.Pt/c1-25-18-26(2)38(27(3)19-25)44-17-16-43-39(44)28-20-30(41-7)23-32(21-28)46-31-12-13-34-33-10-8-9-11-35(33)45(36(34)24-31)37-22-29(14-15-42-37)40(4,5)6;/h8-20,22-23H,1-6H3;/q-2;+2. The van der Waals surface area contributed by atoms with Gasteiger partial charge in [0, 0.05) is 41.3 Å². The number of para-hydroxylation sites is 1. The third-order valence-corrected chi connectivity index (χ3v) is 8.33. The minimum absolute atomic E-state index is 0. The van der Waals surface area contributed by atoms with Gasteiger partial charge in [-0.3, -0.25) is 9.83 Å². The summed E-state index contributed by atoms with van der Waals surface area (Å²) in [5, 5.41) is 2.16. The van der Waals surface area contributed by atoms with Crippen molar-refractivity contribution >= 4 is 27.5 Å². The van der Waals surface area contributed by atoms with E-state index in [2.05, 4.69) is 115 Å². The summed E-state index contributed by atoms with van der Waals surface area (Å²) in [6.45, 7) is 20.7. The zero-order valence-electron chi connectivity index (χ0n) is 27.1. The van der Waals surface area contributed by atoms with Crippen molar-refractivity contribution in [2.24, 2.45) is 0 Å². The number of hydrogen-bond acceptors (Lipinski definition) is 3. The number of pyridine rings is 1. The molecule has 0 aliphatic carbocycles. The van der Waals surface area contributed by atoms with Gasteiger partial charge in [0.25, 0.3) is 0 Å². The fourth-order valence-corrected chi connectivity index (χ4v) is 6.30. The maximum Gasteiger partial charge on any atom is 2.00 e. The number of aryl methyl sites for hydroxylation is 3. The van der Waals surface area contributed by atoms with Crippen molar-refractivity contribution in [1.82, 2.24) is 19.1 Å². The van der Waals surface area contributed by atoms with E-state index in [1.807, 2.05) is 30.6 Å². The smallest absolute Gasteiger partial charge is 0.504 e. The fourth-order valence-electron chi connectivity index (χ4n) is 6.30. The number of benzene rings is 4. The van der Waals surface area contributed by atoms with Crippen molar-refractivity contribution in [1.29, 1.82) is 0 Å². The van der Waals surface area contributed by atoms with Gasteiger partial charge in [0.05, 0.1) is 12.4 Å². The van der Waals surface area contributed by atoms with Crippen LogP contribution in [0.2, 0.25) is 0 Å². The molecule has 0 saturated heterocycles. The average molecular weight is 795 g/mol. The average Bonchev–Trinajstić information content (AvgIpc) is 3.63. The number of imidazole rings is 1. The molecule has 0 amide bonds. The van der Waals surface area contributed by atoms with Crippen molar-refractivity contribution in [3.8, 4) is 34.4 Å². The van der Waals surface area contributed by atoms with E-state index in [9.17, 15) is 0 Å². The normalized spacial score (nSPS) is 11.4. The largest absolute Gasteiger partial charge is 2.00 e. The number of rotatable bonds is 5. The third kappa shape index (κ3) is 5.88. The Hall–Kier alpha value is -4.98. The number of ether oxygens (including phenoxy) is 1. The summed E-state index contributed by atoms with van der Waals surface area (Å²) in [6, 6.07) is 31.2. The molecule has 0 fully saturated rings. The number of nitrogens with zero attached hydrogens (tertiary/aromatic N) is 5. The first kappa shape index (κ1) is 32.0. The summed E-state index contributed by atoms with van der Waals surface area (Å²) in [5.74, 6) is 2.45. The summed E-state index contributed by atoms with van der Waals surface area (Å²) in [7, 11) is 0. The topological polar surface area (TPSA) is 49.2 Å². The van der Waals surface area contributed by atoms with Gasteiger partial charge in [-0.2, -0.15) is 6.07 Å². The first-order valence-electron chi connectivity index (χ1n) is 15.3. The van der Waals surface area contributed by atoms with Crippen molar-refractivity contribution in [3.05, 3.63) is 137 Å². The molecule has 0 aliphatic heterocycles. The van der Waals surface area contributed by atoms with E-state index in [-0.39, 0.29) is 26.5 Å². The molecule has 3 heterocycles. The van der Waals surface area contributed by atoms with Crippen molar-refractivity contribution in [2.75, 3.05) is 0 Å². The van der Waals surface area contributed by atoms with Gasteiger partial charge in [0.2, 0.25) is 0 Å². The zero-order valence-corrected chi connectivity index (χ0v) is 29.4. The van der Waals surface area contributed by atoms with Gasteiger partial charge in [-0.1, -0.05) is 74.3 Å². The molecular weight excluding hydrogens is 762 g/mol. The molecule has 3 aromatic heterocycles. The van der Waals surface area contributed by atoms with Crippen LogP contribution in [0.25, 0.3) is 49.5 Å². The van der Waals surface area contributed by atoms with Crippen LogP contribution in [0.1, 0.15) is 43.0 Å². The van der Waals surface area contributed by atoms with E-state index in [0.717, 1.165) is 44.4 Å². The number of hydrogen-bond donors (Lipinski definition) is 0. The Morgan fingerprint density at radius 2 is 1.57 bits per heavy atom. The zero-order chi connectivity index (χ0) is 32.2. The SMILES string of the molecule is [C-]#[N+]c1cc(Oc2[c-]c3c(cc2)c2ccccc2n3-c2cc(C(C)(C)C)ccn2)[c-]c(-c2nccn2-c2c(C)cc(C)cc2C)c1.[Pt+2]. The summed E-state index contributed by atoms with van der Waals surface area (Å²) in [4.78, 5) is 13.2. The van der Waals surface area contributed by atoms with Crippen LogP contribution in [0.5, 0.6) is 11.5 Å². The molecule has 7 rings (SSSR count). The molecule has 0 saturated carbocycles. The van der Waals surface area contributed by atoms with E-state index in [4.69, 9.17) is 16.3 Å². The molecule has 234 valence electrons. The van der Waals surface area contributed by atoms with Gasteiger partial charge >= 0.3 is 21.1 Å². The van der Waals surface area contributed by atoms with Gasteiger partial charge < -0.3 is 13.9 Å². The van der Waals surface area contributed by atoms with Gasteiger partial charge in [0.15, 0.2) is 0 Å². The van der Waals surface area contributed by atoms with Crippen LogP contribution >= 0.6 is 0 Å². The van der Waals surface area contributed by atoms with Crippen LogP contribution in [0, 0.1) is 39.5 Å². The maximum atomic E-state index is 7.82. The van der Waals surface area contributed by atoms with E-state index in [1.54, 1.807) is 18.3 Å². The molecule has 0 radical (unpaired) electrons. The number of aromatic nitrogens is 4. The first-order valence-corrected chi connectivity index (χ1v) is 15.3. The number of fused-ring (bicyclic) bond motifs is 3. The fraction of sp³-hybridized carbons (Fsp3) is 0.175. The van der Waals surface area contributed by atoms with Crippen LogP contribution in [0.15, 0.2) is 91.4 Å². The molecule has 47 heavy (non-hydrogen) atoms. The Labute approximate surface area is 289 Å². The van der Waals surface area contributed by atoms with E-state index in [0.29, 0.717) is 28.6 Å². The van der Waals surface area contributed by atoms with Gasteiger partial charge in [-0.25, -0.2) is 4.98 Å². The minimum atomic E-state index is -0.0263. The molecular formula is C40H33N5OPt. The minimum Gasteiger partial charge on any atom is -0.504 e. The molecule has 0 bridgehead atoms. The van der Waals surface area contributed by atoms with E-state index >= 15 is 0 Å². The molecule has 0 aliphatic rings. The van der Waals surface area contributed by atoms with Gasteiger partial charge in [-0.05, 0) is 66.5 Å². The second-order valence-corrected chi connectivity index (χ2v) is 12.8. The molecule has 0 N–H and O–H groups in total. The monoisotopic (exact) mass is 794 g/mol. The summed E-state index contributed by atoms with van der Waals surface area (Å²) < 4.78 is 10.6. The Morgan fingerprint density at radius 3 is 2.32 bits per heavy atom. The molecule has 0 unspecified atom stereocenters. The van der Waals surface area contributed by atoms with Crippen LogP contribution < -0.4 is 4.74 Å². The predicted octanol–water partition coefficient (Wildman–Crippen LogP) is 10.2.